The number of aliphatic hydroxyl groups excluding tert-OH is 1. The second kappa shape index (κ2) is 7.48. The van der Waals surface area contributed by atoms with Crippen molar-refractivity contribution in [2.24, 2.45) is 0 Å². The molecule has 17 heavy (non-hydrogen) atoms. The zero-order valence-corrected chi connectivity index (χ0v) is 11.0. The fourth-order valence-corrected chi connectivity index (χ4v) is 1.78. The molecule has 1 heterocycles. The smallest absolute Gasteiger partial charge is 0.123 e. The van der Waals surface area contributed by atoms with Gasteiger partial charge in [0.15, 0.2) is 0 Å². The fraction of sp³-hybridized carbons (Fsp3) is 0.583. The van der Waals surface area contributed by atoms with Crippen LogP contribution in [0.3, 0.4) is 0 Å². The quantitative estimate of drug-likeness (QED) is 0.733. The van der Waals surface area contributed by atoms with Gasteiger partial charge in [-0.1, -0.05) is 11.6 Å². The van der Waals surface area contributed by atoms with Gasteiger partial charge in [-0.2, -0.15) is 0 Å². The lowest BCUT2D eigenvalue weighted by Gasteiger charge is -2.16. The molecule has 1 rings (SSSR count). The van der Waals surface area contributed by atoms with Crippen LogP contribution in [-0.4, -0.2) is 35.2 Å². The molecule has 3 N–H and O–H groups in total. The second-order valence-corrected chi connectivity index (χ2v) is 4.59. The second-order valence-electron chi connectivity index (χ2n) is 4.19. The highest BCUT2D eigenvalue weighted by Gasteiger charge is 2.06. The molecular formula is C12H20ClN3O. The zero-order valence-electron chi connectivity index (χ0n) is 10.2. The number of aliphatic hydroxyl groups is 1. The van der Waals surface area contributed by atoms with E-state index in [1.54, 1.807) is 12.1 Å². The van der Waals surface area contributed by atoms with Crippen molar-refractivity contribution >= 4 is 17.4 Å². The molecule has 1 aromatic rings. The van der Waals surface area contributed by atoms with Gasteiger partial charge in [-0.15, -0.1) is 0 Å². The Balaban J connectivity index is 2.39. The molecule has 96 valence electrons. The Bertz CT molecular complexity index is 347. The maximum atomic E-state index is 8.68. The van der Waals surface area contributed by atoms with Crippen LogP contribution >= 0.6 is 11.6 Å². The van der Waals surface area contributed by atoms with Crippen LogP contribution in [0.5, 0.6) is 0 Å². The molecule has 0 saturated heterocycles. The van der Waals surface area contributed by atoms with Crippen molar-refractivity contribution in [2.45, 2.75) is 25.8 Å². The molecule has 0 aromatic carbocycles. The van der Waals surface area contributed by atoms with Gasteiger partial charge in [-0.3, -0.25) is 0 Å². The number of nitrogens with zero attached hydrogens (tertiary/aromatic N) is 2. The number of anilines is 1. The lowest BCUT2D eigenvalue weighted by Crippen LogP contribution is -2.20. The third-order valence-corrected chi connectivity index (χ3v) is 2.90. The molecule has 5 heteroatoms. The van der Waals surface area contributed by atoms with Gasteiger partial charge in [0.2, 0.25) is 0 Å². The first-order valence-corrected chi connectivity index (χ1v) is 6.21. The molecule has 4 nitrogen and oxygen atoms in total. The van der Waals surface area contributed by atoms with E-state index in [0.717, 1.165) is 31.5 Å². The maximum absolute atomic E-state index is 8.68. The summed E-state index contributed by atoms with van der Waals surface area (Å²) in [6.45, 7) is 1.93. The predicted octanol–water partition coefficient (Wildman–Crippen LogP) is 1.91. The van der Waals surface area contributed by atoms with Crippen molar-refractivity contribution < 1.29 is 5.11 Å². The summed E-state index contributed by atoms with van der Waals surface area (Å²) >= 11 is 6.05. The van der Waals surface area contributed by atoms with Gasteiger partial charge in [0.25, 0.3) is 0 Å². The van der Waals surface area contributed by atoms with Crippen LogP contribution in [0.25, 0.3) is 0 Å². The van der Waals surface area contributed by atoms with Crippen molar-refractivity contribution in [2.75, 3.05) is 25.9 Å². The highest BCUT2D eigenvalue weighted by atomic mass is 35.5. The Morgan fingerprint density at radius 3 is 2.82 bits per heavy atom. The average molecular weight is 258 g/mol. The molecular weight excluding hydrogens is 238 g/mol. The Morgan fingerprint density at radius 1 is 1.35 bits per heavy atom. The number of aromatic nitrogens is 1. The van der Waals surface area contributed by atoms with Crippen LogP contribution in [0.1, 0.15) is 25.0 Å². The maximum Gasteiger partial charge on any atom is 0.123 e. The Labute approximate surface area is 107 Å². The topological polar surface area (TPSA) is 62.4 Å². The van der Waals surface area contributed by atoms with E-state index in [0.29, 0.717) is 17.4 Å². The van der Waals surface area contributed by atoms with Crippen molar-refractivity contribution in [1.82, 2.24) is 9.88 Å². The van der Waals surface area contributed by atoms with Gasteiger partial charge in [-0.05, 0) is 45.0 Å². The first-order chi connectivity index (χ1) is 8.13. The number of pyridine rings is 1. The Morgan fingerprint density at radius 2 is 2.12 bits per heavy atom. The number of hydrogen-bond acceptors (Lipinski definition) is 4. The van der Waals surface area contributed by atoms with E-state index in [1.165, 1.54) is 0 Å². The monoisotopic (exact) mass is 257 g/mol. The first kappa shape index (κ1) is 14.2. The standard InChI is InChI=1S/C12H20ClN3O/c1-16(7-3-2-4-8-17)9-11-10(13)5-6-12(14)15-11/h5-6,17H,2-4,7-9H2,1H3,(H2,14,15). The van der Waals surface area contributed by atoms with Crippen molar-refractivity contribution in [3.63, 3.8) is 0 Å². The minimum absolute atomic E-state index is 0.270. The van der Waals surface area contributed by atoms with Crippen molar-refractivity contribution in [3.05, 3.63) is 22.8 Å². The summed E-state index contributed by atoms with van der Waals surface area (Å²) in [6, 6.07) is 3.48. The lowest BCUT2D eigenvalue weighted by molar-refractivity contribution is 0.270. The molecule has 0 spiro atoms. The van der Waals surface area contributed by atoms with E-state index in [9.17, 15) is 0 Å². The molecule has 0 atom stereocenters. The summed E-state index contributed by atoms with van der Waals surface area (Å²) in [5, 5.41) is 9.33. The molecule has 0 bridgehead atoms. The number of nitrogen functional groups attached to an aromatic ring is 1. The van der Waals surface area contributed by atoms with Crippen LogP contribution in [0.2, 0.25) is 5.02 Å². The van der Waals surface area contributed by atoms with Gasteiger partial charge in [0.1, 0.15) is 5.82 Å². The van der Waals surface area contributed by atoms with Crippen LogP contribution < -0.4 is 5.73 Å². The zero-order chi connectivity index (χ0) is 12.7. The molecule has 0 fully saturated rings. The molecule has 0 saturated carbocycles. The molecule has 0 aliphatic heterocycles. The number of unbranched alkanes of at least 4 members (excludes halogenated alkanes) is 2. The number of rotatable bonds is 7. The summed E-state index contributed by atoms with van der Waals surface area (Å²) in [5.41, 5.74) is 6.44. The first-order valence-electron chi connectivity index (χ1n) is 5.84. The molecule has 0 radical (unpaired) electrons. The van der Waals surface area contributed by atoms with E-state index in [1.807, 2.05) is 7.05 Å². The van der Waals surface area contributed by atoms with Gasteiger partial charge in [0, 0.05) is 13.2 Å². The Kier molecular flexibility index (Phi) is 6.26. The third-order valence-electron chi connectivity index (χ3n) is 2.56. The molecule has 0 unspecified atom stereocenters. The highest BCUT2D eigenvalue weighted by molar-refractivity contribution is 6.31. The fourth-order valence-electron chi connectivity index (χ4n) is 1.62. The number of nitrogens with two attached hydrogens (primary N) is 1. The largest absolute Gasteiger partial charge is 0.396 e. The predicted molar refractivity (Wildman–Crippen MR) is 70.9 cm³/mol. The van der Waals surface area contributed by atoms with E-state index in [2.05, 4.69) is 9.88 Å². The summed E-state index contributed by atoms with van der Waals surface area (Å²) in [4.78, 5) is 6.38. The summed E-state index contributed by atoms with van der Waals surface area (Å²) in [7, 11) is 2.03. The van der Waals surface area contributed by atoms with Crippen molar-refractivity contribution in [3.8, 4) is 0 Å². The number of hydrogen-bond donors (Lipinski definition) is 2. The third kappa shape index (κ3) is 5.35. The molecule has 0 aliphatic rings. The van der Waals surface area contributed by atoms with E-state index >= 15 is 0 Å². The van der Waals surface area contributed by atoms with E-state index in [-0.39, 0.29) is 6.61 Å². The summed E-state index contributed by atoms with van der Waals surface area (Å²) in [6.07, 6.45) is 2.97. The van der Waals surface area contributed by atoms with E-state index in [4.69, 9.17) is 22.4 Å². The molecule has 1 aromatic heterocycles. The van der Waals surface area contributed by atoms with Crippen LogP contribution in [0.15, 0.2) is 12.1 Å². The van der Waals surface area contributed by atoms with Crippen LogP contribution in [0, 0.1) is 0 Å². The van der Waals surface area contributed by atoms with E-state index < -0.39 is 0 Å². The van der Waals surface area contributed by atoms with Crippen LogP contribution in [0.4, 0.5) is 5.82 Å². The van der Waals surface area contributed by atoms with Gasteiger partial charge in [0.05, 0.1) is 10.7 Å². The van der Waals surface area contributed by atoms with Crippen molar-refractivity contribution in [1.29, 1.82) is 0 Å². The van der Waals surface area contributed by atoms with Gasteiger partial charge in [-0.25, -0.2) is 4.98 Å². The normalized spacial score (nSPS) is 11.1. The molecule has 0 aliphatic carbocycles. The Hall–Kier alpha value is -0.840. The summed E-state index contributed by atoms with van der Waals surface area (Å²) in [5.74, 6) is 0.498. The average Bonchev–Trinajstić information content (AvgIpc) is 2.29. The summed E-state index contributed by atoms with van der Waals surface area (Å²) < 4.78 is 0. The minimum atomic E-state index is 0.270. The SMILES string of the molecule is CN(CCCCCO)Cc1nc(N)ccc1Cl. The number of halogens is 1. The molecule has 0 amide bonds. The van der Waals surface area contributed by atoms with Gasteiger partial charge >= 0.3 is 0 Å². The minimum Gasteiger partial charge on any atom is -0.396 e. The van der Waals surface area contributed by atoms with Gasteiger partial charge < -0.3 is 15.7 Å². The highest BCUT2D eigenvalue weighted by Crippen LogP contribution is 2.16. The lowest BCUT2D eigenvalue weighted by atomic mass is 10.2. The van der Waals surface area contributed by atoms with Crippen LogP contribution in [-0.2, 0) is 6.54 Å².